The molecule has 1 fully saturated rings. The van der Waals surface area contributed by atoms with Gasteiger partial charge in [0, 0.05) is 18.8 Å². The molecule has 146 valence electrons. The zero-order valence-electron chi connectivity index (χ0n) is 15.9. The minimum atomic E-state index is -3.67. The number of aromatic amines is 1. The number of H-pyrrole nitrogens is 1. The monoisotopic (exact) mass is 390 g/mol. The smallest absolute Gasteiger partial charge is 0.246 e. The third kappa shape index (κ3) is 4.06. The lowest BCUT2D eigenvalue weighted by atomic mass is 9.98. The van der Waals surface area contributed by atoms with Crippen LogP contribution in [0.5, 0.6) is 0 Å². The highest BCUT2D eigenvalue weighted by Crippen LogP contribution is 2.27. The molecular weight excluding hydrogens is 364 g/mol. The summed E-state index contributed by atoms with van der Waals surface area (Å²) in [5.41, 5.74) is 2.91. The minimum absolute atomic E-state index is 0.139. The number of amides is 1. The number of benzene rings is 1. The van der Waals surface area contributed by atoms with Crippen molar-refractivity contribution in [1.82, 2.24) is 14.5 Å². The van der Waals surface area contributed by atoms with Crippen molar-refractivity contribution in [2.75, 3.05) is 18.4 Å². The number of hydrogen-bond donors (Lipinski definition) is 2. The summed E-state index contributed by atoms with van der Waals surface area (Å²) in [7, 11) is -3.67. The van der Waals surface area contributed by atoms with Gasteiger partial charge in [0.15, 0.2) is 0 Å². The van der Waals surface area contributed by atoms with Crippen LogP contribution < -0.4 is 5.32 Å². The normalized spacial score (nSPS) is 18.4. The molecule has 1 aliphatic heterocycles. The Morgan fingerprint density at radius 1 is 1.30 bits per heavy atom. The molecule has 1 saturated heterocycles. The molecule has 1 aromatic carbocycles. The molecule has 0 radical (unpaired) electrons. The third-order valence-corrected chi connectivity index (χ3v) is 7.17. The molecule has 1 atom stereocenters. The van der Waals surface area contributed by atoms with E-state index in [0.717, 1.165) is 12.1 Å². The number of hydrogen-bond acceptors (Lipinski definition) is 4. The van der Waals surface area contributed by atoms with E-state index >= 15 is 0 Å². The molecule has 2 aromatic rings. The molecule has 3 rings (SSSR count). The number of aromatic nitrogens is 2. The van der Waals surface area contributed by atoms with E-state index in [1.165, 1.54) is 9.87 Å². The summed E-state index contributed by atoms with van der Waals surface area (Å²) in [5, 5.41) is 9.63. The highest BCUT2D eigenvalue weighted by Gasteiger charge is 2.35. The highest BCUT2D eigenvalue weighted by atomic mass is 32.2. The van der Waals surface area contributed by atoms with E-state index in [1.807, 2.05) is 24.3 Å². The first-order valence-electron chi connectivity index (χ1n) is 9.24. The van der Waals surface area contributed by atoms with Crippen LogP contribution in [-0.2, 0) is 21.2 Å². The number of aryl methyl sites for hydroxylation is 3. The summed E-state index contributed by atoms with van der Waals surface area (Å²) in [6.45, 7) is 6.05. The van der Waals surface area contributed by atoms with Gasteiger partial charge in [-0.2, -0.15) is 9.40 Å². The molecule has 27 heavy (non-hydrogen) atoms. The van der Waals surface area contributed by atoms with Crippen molar-refractivity contribution in [2.24, 2.45) is 5.92 Å². The van der Waals surface area contributed by atoms with Gasteiger partial charge >= 0.3 is 0 Å². The molecule has 0 unspecified atom stereocenters. The Kier molecular flexibility index (Phi) is 5.67. The summed E-state index contributed by atoms with van der Waals surface area (Å²) in [6.07, 6.45) is 2.27. The van der Waals surface area contributed by atoms with Gasteiger partial charge in [0.1, 0.15) is 4.90 Å². The van der Waals surface area contributed by atoms with E-state index < -0.39 is 10.0 Å². The Hall–Kier alpha value is -2.19. The molecule has 0 spiro atoms. The van der Waals surface area contributed by atoms with Crippen LogP contribution >= 0.6 is 0 Å². The first-order valence-corrected chi connectivity index (χ1v) is 10.7. The summed E-state index contributed by atoms with van der Waals surface area (Å²) in [4.78, 5) is 12.9. The first kappa shape index (κ1) is 19.6. The lowest BCUT2D eigenvalue weighted by molar-refractivity contribution is -0.120. The van der Waals surface area contributed by atoms with Crippen molar-refractivity contribution in [1.29, 1.82) is 0 Å². The fourth-order valence-electron chi connectivity index (χ4n) is 3.49. The lowest BCUT2D eigenvalue weighted by Gasteiger charge is -2.31. The first-order chi connectivity index (χ1) is 12.8. The maximum absolute atomic E-state index is 13.0. The molecule has 2 N–H and O–H groups in total. The zero-order chi connectivity index (χ0) is 19.6. The van der Waals surface area contributed by atoms with Crippen LogP contribution in [-0.4, -0.2) is 41.9 Å². The van der Waals surface area contributed by atoms with Gasteiger partial charge in [-0.25, -0.2) is 8.42 Å². The molecule has 1 amide bonds. The van der Waals surface area contributed by atoms with Crippen molar-refractivity contribution in [3.63, 3.8) is 0 Å². The van der Waals surface area contributed by atoms with Gasteiger partial charge in [-0.15, -0.1) is 0 Å². The fraction of sp³-hybridized carbons (Fsp3) is 0.474. The van der Waals surface area contributed by atoms with Crippen molar-refractivity contribution in [3.8, 4) is 0 Å². The second kappa shape index (κ2) is 7.82. The number of nitrogens with one attached hydrogen (secondary N) is 2. The Labute approximate surface area is 160 Å². The van der Waals surface area contributed by atoms with Gasteiger partial charge in [-0.1, -0.05) is 19.1 Å². The summed E-state index contributed by atoms with van der Waals surface area (Å²) >= 11 is 0. The zero-order valence-corrected chi connectivity index (χ0v) is 16.8. The average molecular weight is 391 g/mol. The molecule has 7 nitrogen and oxygen atoms in total. The Bertz CT molecular complexity index is 899. The average Bonchev–Trinajstić information content (AvgIpc) is 3.01. The van der Waals surface area contributed by atoms with Crippen LogP contribution in [0.1, 0.15) is 36.7 Å². The van der Waals surface area contributed by atoms with E-state index in [1.54, 1.807) is 13.8 Å². The predicted octanol–water partition coefficient (Wildman–Crippen LogP) is 2.63. The van der Waals surface area contributed by atoms with Crippen LogP contribution in [0.2, 0.25) is 0 Å². The highest BCUT2D eigenvalue weighted by molar-refractivity contribution is 7.89. The van der Waals surface area contributed by atoms with Crippen molar-refractivity contribution >= 4 is 21.6 Å². The second-order valence-electron chi connectivity index (χ2n) is 7.01. The van der Waals surface area contributed by atoms with Gasteiger partial charge in [-0.3, -0.25) is 9.89 Å². The van der Waals surface area contributed by atoms with E-state index in [-0.39, 0.29) is 23.3 Å². The van der Waals surface area contributed by atoms with Crippen molar-refractivity contribution in [2.45, 2.75) is 44.9 Å². The second-order valence-corrected chi connectivity index (χ2v) is 8.88. The molecule has 0 saturated carbocycles. The van der Waals surface area contributed by atoms with Crippen molar-refractivity contribution < 1.29 is 13.2 Å². The van der Waals surface area contributed by atoms with Gasteiger partial charge in [0.2, 0.25) is 15.9 Å². The minimum Gasteiger partial charge on any atom is -0.326 e. The number of sulfonamides is 1. The molecule has 1 aliphatic rings. The Morgan fingerprint density at radius 3 is 2.59 bits per heavy atom. The molecule has 0 bridgehead atoms. The topological polar surface area (TPSA) is 95.2 Å². The molecule has 8 heteroatoms. The standard InChI is InChI=1S/C19H26N4O3S/c1-4-15-7-9-17(10-8-15)20-19(24)16-6-5-11-23(12-16)27(25,26)18-13(2)21-22-14(18)3/h7-10,16H,4-6,11-12H2,1-3H3,(H,20,24)(H,21,22)/t16-/m0/s1. The molecule has 0 aliphatic carbocycles. The van der Waals surface area contributed by atoms with Gasteiger partial charge in [-0.05, 0) is 50.8 Å². The van der Waals surface area contributed by atoms with Crippen LogP contribution in [0, 0.1) is 19.8 Å². The Morgan fingerprint density at radius 2 is 2.00 bits per heavy atom. The number of rotatable bonds is 5. The van der Waals surface area contributed by atoms with Crippen molar-refractivity contribution in [3.05, 3.63) is 41.2 Å². The predicted molar refractivity (Wildman–Crippen MR) is 104 cm³/mol. The van der Waals surface area contributed by atoms with Gasteiger partial charge in [0.05, 0.1) is 17.3 Å². The number of carbonyl (C=O) groups excluding carboxylic acids is 1. The summed E-state index contributed by atoms with van der Waals surface area (Å²) in [5.74, 6) is -0.508. The van der Waals surface area contributed by atoms with E-state index in [0.29, 0.717) is 30.8 Å². The van der Waals surface area contributed by atoms with Crippen LogP contribution in [0.3, 0.4) is 0 Å². The van der Waals surface area contributed by atoms with Crippen LogP contribution in [0.4, 0.5) is 5.69 Å². The third-order valence-electron chi connectivity index (χ3n) is 5.04. The molecular formula is C19H26N4O3S. The van der Waals surface area contributed by atoms with E-state index in [9.17, 15) is 13.2 Å². The van der Waals surface area contributed by atoms with Gasteiger partial charge < -0.3 is 5.32 Å². The Balaban J connectivity index is 1.72. The lowest BCUT2D eigenvalue weighted by Crippen LogP contribution is -2.43. The number of piperidine rings is 1. The number of anilines is 1. The molecule has 2 heterocycles. The van der Waals surface area contributed by atoms with Gasteiger partial charge in [0.25, 0.3) is 0 Å². The van der Waals surface area contributed by atoms with E-state index in [2.05, 4.69) is 22.4 Å². The summed E-state index contributed by atoms with van der Waals surface area (Å²) < 4.78 is 27.5. The maximum atomic E-state index is 13.0. The quantitative estimate of drug-likeness (QED) is 0.820. The fourth-order valence-corrected chi connectivity index (χ4v) is 5.35. The SMILES string of the molecule is CCc1ccc(NC(=O)[C@H]2CCCN(S(=O)(=O)c3c(C)n[nH]c3C)C2)cc1. The number of nitrogens with zero attached hydrogens (tertiary/aromatic N) is 2. The molecule has 1 aromatic heterocycles. The van der Waals surface area contributed by atoms with E-state index in [4.69, 9.17) is 0 Å². The van der Waals surface area contributed by atoms with Crippen LogP contribution in [0.25, 0.3) is 0 Å². The maximum Gasteiger partial charge on any atom is 0.246 e. The van der Waals surface area contributed by atoms with Crippen LogP contribution in [0.15, 0.2) is 29.2 Å². The summed E-state index contributed by atoms with van der Waals surface area (Å²) in [6, 6.07) is 7.73. The largest absolute Gasteiger partial charge is 0.326 e. The number of carbonyl (C=O) groups is 1.